The Kier molecular flexibility index (Phi) is 4.26. The van der Waals surface area contributed by atoms with Gasteiger partial charge in [0, 0.05) is 25.5 Å². The zero-order valence-electron chi connectivity index (χ0n) is 9.03. The normalized spacial score (nSPS) is 16.1. The Balaban J connectivity index is 2.84. The molecule has 2 N–H and O–H groups in total. The number of alkyl halides is 3. The van der Waals surface area contributed by atoms with Crippen molar-refractivity contribution >= 4 is 11.8 Å². The van der Waals surface area contributed by atoms with E-state index in [0.717, 1.165) is 0 Å². The highest BCUT2D eigenvalue weighted by Gasteiger charge is 2.44. The fraction of sp³-hybridized carbons (Fsp3) is 0.667. The molecule has 0 aliphatic heterocycles. The first-order valence-electron chi connectivity index (χ1n) is 4.82. The first-order valence-corrected chi connectivity index (χ1v) is 5.70. The summed E-state index contributed by atoms with van der Waals surface area (Å²) in [5.41, 5.74) is 5.49. The fourth-order valence-electron chi connectivity index (χ4n) is 1.19. The number of hydrogen-bond donors (Lipinski definition) is 1. The minimum Gasteiger partial charge on any atom is -0.329 e. The van der Waals surface area contributed by atoms with Gasteiger partial charge in [-0.25, -0.2) is 4.98 Å². The lowest BCUT2D eigenvalue weighted by atomic mass is 10.1. The molecule has 1 heterocycles. The van der Waals surface area contributed by atoms with E-state index >= 15 is 0 Å². The van der Waals surface area contributed by atoms with Crippen molar-refractivity contribution in [3.05, 3.63) is 12.4 Å². The van der Waals surface area contributed by atoms with Gasteiger partial charge in [-0.15, -0.1) is 0 Å². The van der Waals surface area contributed by atoms with Crippen LogP contribution in [0.4, 0.5) is 13.2 Å². The molecule has 92 valence electrons. The van der Waals surface area contributed by atoms with Gasteiger partial charge >= 0.3 is 6.18 Å². The molecule has 1 aromatic heterocycles. The molecule has 0 fully saturated rings. The summed E-state index contributed by atoms with van der Waals surface area (Å²) in [5, 5.41) is -1.29. The lowest BCUT2D eigenvalue weighted by Crippen LogP contribution is -2.42. The molecule has 0 saturated heterocycles. The summed E-state index contributed by atoms with van der Waals surface area (Å²) < 4.78 is 39.8. The number of imidazole rings is 1. The SMILES string of the molecule is CCC(N)C(Sc1nccn1C)C(F)(F)F. The number of halogens is 3. The Bertz CT molecular complexity index is 337. The fourth-order valence-corrected chi connectivity index (χ4v) is 2.27. The van der Waals surface area contributed by atoms with Gasteiger partial charge in [-0.3, -0.25) is 0 Å². The minimum absolute atomic E-state index is 0.279. The highest BCUT2D eigenvalue weighted by molar-refractivity contribution is 7.99. The van der Waals surface area contributed by atoms with Gasteiger partial charge in [-0.05, 0) is 6.42 Å². The molecular weight excluding hydrogens is 239 g/mol. The molecule has 0 aliphatic carbocycles. The minimum atomic E-state index is -4.31. The summed E-state index contributed by atoms with van der Waals surface area (Å²) in [6, 6.07) is -0.915. The van der Waals surface area contributed by atoms with Crippen molar-refractivity contribution in [2.45, 2.75) is 36.0 Å². The Morgan fingerprint density at radius 1 is 1.56 bits per heavy atom. The average Bonchev–Trinajstić information content (AvgIpc) is 2.57. The van der Waals surface area contributed by atoms with Gasteiger partial charge in [0.15, 0.2) is 5.16 Å². The molecular formula is C9H14F3N3S. The van der Waals surface area contributed by atoms with Gasteiger partial charge in [0.05, 0.1) is 0 Å². The summed E-state index contributed by atoms with van der Waals surface area (Å²) >= 11 is 0.663. The van der Waals surface area contributed by atoms with E-state index in [4.69, 9.17) is 5.73 Å². The molecule has 0 bridgehead atoms. The average molecular weight is 253 g/mol. The van der Waals surface area contributed by atoms with Gasteiger partial charge in [0.25, 0.3) is 0 Å². The third-order valence-electron chi connectivity index (χ3n) is 2.19. The maximum Gasteiger partial charge on any atom is 0.402 e. The van der Waals surface area contributed by atoms with Crippen molar-refractivity contribution in [2.75, 3.05) is 0 Å². The summed E-state index contributed by atoms with van der Waals surface area (Å²) in [5.74, 6) is 0. The lowest BCUT2D eigenvalue weighted by molar-refractivity contribution is -0.132. The molecule has 7 heteroatoms. The van der Waals surface area contributed by atoms with Crippen molar-refractivity contribution in [1.82, 2.24) is 9.55 Å². The van der Waals surface area contributed by atoms with E-state index in [-0.39, 0.29) is 6.42 Å². The summed E-state index contributed by atoms with van der Waals surface area (Å²) in [4.78, 5) is 3.86. The molecule has 0 amide bonds. The predicted molar refractivity (Wildman–Crippen MR) is 57.2 cm³/mol. The summed E-state index contributed by atoms with van der Waals surface area (Å²) in [6.45, 7) is 1.64. The second kappa shape index (κ2) is 5.09. The van der Waals surface area contributed by atoms with Crippen LogP contribution in [0.1, 0.15) is 13.3 Å². The Labute approximate surface area is 96.2 Å². The highest BCUT2D eigenvalue weighted by atomic mass is 32.2. The number of nitrogens with two attached hydrogens (primary N) is 1. The predicted octanol–water partition coefficient (Wildman–Crippen LogP) is 2.18. The van der Waals surface area contributed by atoms with Crippen LogP contribution in [-0.2, 0) is 7.05 Å². The molecule has 3 nitrogen and oxygen atoms in total. The Hall–Kier alpha value is -0.690. The smallest absolute Gasteiger partial charge is 0.329 e. The zero-order valence-corrected chi connectivity index (χ0v) is 9.85. The molecule has 0 aliphatic rings. The summed E-state index contributed by atoms with van der Waals surface area (Å²) in [7, 11) is 1.65. The monoisotopic (exact) mass is 253 g/mol. The van der Waals surface area contributed by atoms with E-state index in [1.54, 1.807) is 24.7 Å². The van der Waals surface area contributed by atoms with Gasteiger partial charge < -0.3 is 10.3 Å². The van der Waals surface area contributed by atoms with E-state index in [0.29, 0.717) is 16.9 Å². The van der Waals surface area contributed by atoms with Crippen LogP contribution in [0, 0.1) is 0 Å². The molecule has 0 radical (unpaired) electrons. The van der Waals surface area contributed by atoms with E-state index in [2.05, 4.69) is 4.98 Å². The van der Waals surface area contributed by atoms with Crippen LogP contribution in [0.2, 0.25) is 0 Å². The number of hydrogen-bond acceptors (Lipinski definition) is 3. The summed E-state index contributed by atoms with van der Waals surface area (Å²) in [6.07, 6.45) is -0.964. The quantitative estimate of drug-likeness (QED) is 0.836. The highest BCUT2D eigenvalue weighted by Crippen LogP contribution is 2.36. The third kappa shape index (κ3) is 3.15. The van der Waals surface area contributed by atoms with Crippen molar-refractivity contribution < 1.29 is 13.2 Å². The van der Waals surface area contributed by atoms with Crippen molar-refractivity contribution in [3.63, 3.8) is 0 Å². The standard InChI is InChI=1S/C9H14F3N3S/c1-3-6(13)7(9(10,11)12)16-8-14-4-5-15(8)2/h4-7H,3,13H2,1-2H3. The van der Waals surface area contributed by atoms with E-state index < -0.39 is 17.5 Å². The van der Waals surface area contributed by atoms with Crippen molar-refractivity contribution in [1.29, 1.82) is 0 Å². The third-order valence-corrected chi connectivity index (χ3v) is 3.67. The number of thioether (sulfide) groups is 1. The molecule has 1 rings (SSSR count). The van der Waals surface area contributed by atoms with Crippen LogP contribution >= 0.6 is 11.8 Å². The molecule has 16 heavy (non-hydrogen) atoms. The van der Waals surface area contributed by atoms with Crippen LogP contribution in [0.25, 0.3) is 0 Å². The van der Waals surface area contributed by atoms with Gasteiger partial charge in [0.1, 0.15) is 5.25 Å². The molecule has 2 atom stereocenters. The number of aromatic nitrogens is 2. The topological polar surface area (TPSA) is 43.8 Å². The van der Waals surface area contributed by atoms with E-state index in [1.807, 2.05) is 0 Å². The van der Waals surface area contributed by atoms with Crippen LogP contribution in [0.15, 0.2) is 17.6 Å². The molecule has 0 saturated carbocycles. The van der Waals surface area contributed by atoms with Crippen LogP contribution in [0.3, 0.4) is 0 Å². The van der Waals surface area contributed by atoms with Gasteiger partial charge in [-0.2, -0.15) is 13.2 Å². The van der Waals surface area contributed by atoms with Crippen molar-refractivity contribution in [3.8, 4) is 0 Å². The van der Waals surface area contributed by atoms with E-state index in [1.165, 1.54) is 6.20 Å². The van der Waals surface area contributed by atoms with E-state index in [9.17, 15) is 13.2 Å². The first-order chi connectivity index (χ1) is 7.36. The van der Waals surface area contributed by atoms with Crippen LogP contribution in [0.5, 0.6) is 0 Å². The largest absolute Gasteiger partial charge is 0.402 e. The van der Waals surface area contributed by atoms with Crippen LogP contribution in [-0.4, -0.2) is 27.0 Å². The molecule has 1 aromatic rings. The number of nitrogens with zero attached hydrogens (tertiary/aromatic N) is 2. The van der Waals surface area contributed by atoms with Gasteiger partial charge in [0.2, 0.25) is 0 Å². The van der Waals surface area contributed by atoms with Crippen molar-refractivity contribution in [2.24, 2.45) is 12.8 Å². The second-order valence-electron chi connectivity index (χ2n) is 3.47. The molecule has 0 spiro atoms. The van der Waals surface area contributed by atoms with Gasteiger partial charge in [-0.1, -0.05) is 18.7 Å². The Morgan fingerprint density at radius 2 is 2.19 bits per heavy atom. The molecule has 2 unspecified atom stereocenters. The lowest BCUT2D eigenvalue weighted by Gasteiger charge is -2.24. The zero-order chi connectivity index (χ0) is 12.3. The second-order valence-corrected chi connectivity index (χ2v) is 4.58. The molecule has 0 aromatic carbocycles. The first kappa shape index (κ1) is 13.4. The number of rotatable bonds is 4. The van der Waals surface area contributed by atoms with Crippen LogP contribution < -0.4 is 5.73 Å². The maximum absolute atomic E-state index is 12.7. The Morgan fingerprint density at radius 3 is 2.56 bits per heavy atom. The maximum atomic E-state index is 12.7. The number of aryl methyl sites for hydroxylation is 1.